The predicted octanol–water partition coefficient (Wildman–Crippen LogP) is 4.15. The first-order chi connectivity index (χ1) is 14.3. The fourth-order valence-electron chi connectivity index (χ4n) is 2.82. The van der Waals surface area contributed by atoms with Crippen LogP contribution < -0.4 is 0 Å². The molecule has 0 aromatic heterocycles. The van der Waals surface area contributed by atoms with Crippen molar-refractivity contribution >= 4 is 12.1 Å². The number of rotatable bonds is 7. The molecule has 5 nitrogen and oxygen atoms in total. The Morgan fingerprint density at radius 1 is 1.30 bits per heavy atom. The molecule has 0 bridgehead atoms. The number of amides is 1. The fourth-order valence-corrected chi connectivity index (χ4v) is 2.82. The van der Waals surface area contributed by atoms with E-state index in [-0.39, 0.29) is 11.7 Å². The number of aliphatic imine (C=N–C) groups is 1. The summed E-state index contributed by atoms with van der Waals surface area (Å²) in [5.74, 6) is 0.622. The van der Waals surface area contributed by atoms with Crippen molar-refractivity contribution in [3.8, 4) is 0 Å². The molecular weight excluding hydrogens is 381 g/mol. The molecule has 0 N–H and O–H groups in total. The third kappa shape index (κ3) is 9.18. The van der Waals surface area contributed by atoms with E-state index in [9.17, 15) is 9.18 Å². The van der Waals surface area contributed by atoms with Gasteiger partial charge in [0.2, 0.25) is 5.91 Å². The van der Waals surface area contributed by atoms with E-state index < -0.39 is 0 Å². The van der Waals surface area contributed by atoms with Gasteiger partial charge in [-0.3, -0.25) is 14.7 Å². The highest BCUT2D eigenvalue weighted by molar-refractivity contribution is 5.87. The summed E-state index contributed by atoms with van der Waals surface area (Å²) >= 11 is 0. The van der Waals surface area contributed by atoms with E-state index in [0.717, 1.165) is 56.2 Å². The number of allylic oxidation sites excluding steroid dienone is 3. The fraction of sp³-hybridized carbons (Fsp3) is 0.417. The van der Waals surface area contributed by atoms with Crippen molar-refractivity contribution in [1.29, 1.82) is 0 Å². The minimum Gasteiger partial charge on any atom is -0.495 e. The molecule has 30 heavy (non-hydrogen) atoms. The SMILES string of the molecule is C=C(C)N=C/C(=C\C)OC.C=CC(=O)N1CCN(CCc2ccc(C)c(F)c2)CC1. The van der Waals surface area contributed by atoms with Crippen LogP contribution in [0.5, 0.6) is 0 Å². The van der Waals surface area contributed by atoms with Gasteiger partial charge in [-0.25, -0.2) is 4.39 Å². The van der Waals surface area contributed by atoms with Gasteiger partial charge in [0.05, 0.1) is 13.3 Å². The van der Waals surface area contributed by atoms with Gasteiger partial charge >= 0.3 is 0 Å². The van der Waals surface area contributed by atoms with Crippen molar-refractivity contribution in [3.63, 3.8) is 0 Å². The molecule has 0 aliphatic carbocycles. The zero-order valence-corrected chi connectivity index (χ0v) is 18.7. The third-order valence-electron chi connectivity index (χ3n) is 4.74. The number of benzene rings is 1. The lowest BCUT2D eigenvalue weighted by Gasteiger charge is -2.34. The minimum absolute atomic E-state index is 0.00487. The number of methoxy groups -OCH3 is 1. The number of ether oxygens (including phenoxy) is 1. The van der Waals surface area contributed by atoms with Crippen molar-refractivity contribution < 1.29 is 13.9 Å². The van der Waals surface area contributed by atoms with Crippen LogP contribution in [0.15, 0.2) is 60.0 Å². The van der Waals surface area contributed by atoms with E-state index in [4.69, 9.17) is 4.74 Å². The van der Waals surface area contributed by atoms with Crippen LogP contribution in [-0.4, -0.2) is 61.8 Å². The summed E-state index contributed by atoms with van der Waals surface area (Å²) in [6, 6.07) is 5.42. The van der Waals surface area contributed by atoms with Crippen molar-refractivity contribution in [2.75, 3.05) is 39.8 Å². The third-order valence-corrected chi connectivity index (χ3v) is 4.74. The molecule has 0 radical (unpaired) electrons. The van der Waals surface area contributed by atoms with Crippen LogP contribution >= 0.6 is 0 Å². The zero-order valence-electron chi connectivity index (χ0n) is 18.7. The summed E-state index contributed by atoms with van der Waals surface area (Å²) in [5.41, 5.74) is 2.49. The van der Waals surface area contributed by atoms with E-state index in [1.807, 2.05) is 37.0 Å². The molecule has 1 aromatic carbocycles. The van der Waals surface area contributed by atoms with E-state index in [0.29, 0.717) is 5.56 Å². The summed E-state index contributed by atoms with van der Waals surface area (Å²) in [6.45, 7) is 16.7. The van der Waals surface area contributed by atoms with Gasteiger partial charge < -0.3 is 9.64 Å². The first kappa shape index (κ1) is 25.3. The van der Waals surface area contributed by atoms with Crippen LogP contribution in [0.3, 0.4) is 0 Å². The number of carbonyl (C=O) groups excluding carboxylic acids is 1. The van der Waals surface area contributed by atoms with Gasteiger partial charge in [-0.15, -0.1) is 0 Å². The van der Waals surface area contributed by atoms with Crippen LogP contribution in [0.25, 0.3) is 0 Å². The highest BCUT2D eigenvalue weighted by Gasteiger charge is 2.18. The van der Waals surface area contributed by atoms with Crippen molar-refractivity contribution in [2.24, 2.45) is 4.99 Å². The molecule has 1 saturated heterocycles. The second kappa shape index (κ2) is 13.5. The number of halogens is 1. The Kier molecular flexibility index (Phi) is 11.4. The Bertz CT molecular complexity index is 779. The first-order valence-corrected chi connectivity index (χ1v) is 10.1. The standard InChI is InChI=1S/C16H21FN2O.C8H13NO/c1-3-16(20)19-10-8-18(9-11-19)7-6-14-5-4-13(2)15(17)12-14;1-5-8(10-4)6-9-7(2)3/h3-5,12H,1,6-11H2,2H3;5-6H,2H2,1,3-4H3/b;8-5+,9-6?. The molecule has 0 saturated carbocycles. The number of aryl methyl sites for hydroxylation is 1. The quantitative estimate of drug-likeness (QED) is 0.382. The largest absolute Gasteiger partial charge is 0.495 e. The molecule has 1 heterocycles. The lowest BCUT2D eigenvalue weighted by Crippen LogP contribution is -2.48. The molecule has 6 heteroatoms. The van der Waals surface area contributed by atoms with Crippen LogP contribution in [0.4, 0.5) is 4.39 Å². The van der Waals surface area contributed by atoms with Crippen LogP contribution in [0.1, 0.15) is 25.0 Å². The zero-order chi connectivity index (χ0) is 22.5. The van der Waals surface area contributed by atoms with Crippen molar-refractivity contribution in [3.05, 3.63) is 71.9 Å². The van der Waals surface area contributed by atoms with Crippen LogP contribution in [-0.2, 0) is 16.0 Å². The number of nitrogens with zero attached hydrogens (tertiary/aromatic N) is 3. The summed E-state index contributed by atoms with van der Waals surface area (Å²) in [7, 11) is 1.61. The maximum atomic E-state index is 13.5. The number of hydrogen-bond donors (Lipinski definition) is 0. The molecule has 1 fully saturated rings. The van der Waals surface area contributed by atoms with E-state index in [1.165, 1.54) is 6.08 Å². The van der Waals surface area contributed by atoms with E-state index in [1.54, 1.807) is 26.3 Å². The number of carbonyl (C=O) groups is 1. The van der Waals surface area contributed by atoms with E-state index >= 15 is 0 Å². The summed E-state index contributed by atoms with van der Waals surface area (Å²) in [4.78, 5) is 19.5. The average Bonchev–Trinajstić information content (AvgIpc) is 2.75. The second-order valence-corrected chi connectivity index (χ2v) is 7.09. The lowest BCUT2D eigenvalue weighted by atomic mass is 10.1. The van der Waals surface area contributed by atoms with Gasteiger partial charge in [0.25, 0.3) is 0 Å². The second-order valence-electron chi connectivity index (χ2n) is 7.09. The Balaban J connectivity index is 0.000000382. The Hall–Kier alpha value is -2.73. The van der Waals surface area contributed by atoms with Gasteiger partial charge in [-0.05, 0) is 56.5 Å². The monoisotopic (exact) mass is 415 g/mol. The Morgan fingerprint density at radius 2 is 1.97 bits per heavy atom. The summed E-state index contributed by atoms with van der Waals surface area (Å²) < 4.78 is 18.4. The molecule has 0 atom stereocenters. The van der Waals surface area contributed by atoms with E-state index in [2.05, 4.69) is 23.1 Å². The molecule has 1 amide bonds. The minimum atomic E-state index is -0.135. The van der Waals surface area contributed by atoms with Gasteiger partial charge in [0, 0.05) is 38.4 Å². The molecule has 1 aliphatic rings. The lowest BCUT2D eigenvalue weighted by molar-refractivity contribution is -0.127. The topological polar surface area (TPSA) is 45.1 Å². The first-order valence-electron chi connectivity index (χ1n) is 10.1. The molecule has 1 aromatic rings. The molecular formula is C24H34FN3O2. The van der Waals surface area contributed by atoms with Gasteiger partial charge in [-0.2, -0.15) is 0 Å². The maximum Gasteiger partial charge on any atom is 0.246 e. The molecule has 2 rings (SSSR count). The molecule has 1 aliphatic heterocycles. The highest BCUT2D eigenvalue weighted by Crippen LogP contribution is 2.11. The Morgan fingerprint density at radius 3 is 2.47 bits per heavy atom. The Labute approximate surface area is 180 Å². The highest BCUT2D eigenvalue weighted by atomic mass is 19.1. The molecule has 0 unspecified atom stereocenters. The smallest absolute Gasteiger partial charge is 0.246 e. The van der Waals surface area contributed by atoms with Gasteiger partial charge in [0.1, 0.15) is 11.6 Å². The molecule has 164 valence electrons. The average molecular weight is 416 g/mol. The molecule has 0 spiro atoms. The van der Waals surface area contributed by atoms with Crippen LogP contribution in [0.2, 0.25) is 0 Å². The van der Waals surface area contributed by atoms with Crippen LogP contribution in [0, 0.1) is 12.7 Å². The number of piperazine rings is 1. The maximum absolute atomic E-state index is 13.5. The normalized spacial score (nSPS) is 14.8. The van der Waals surface area contributed by atoms with Gasteiger partial charge in [0.15, 0.2) is 0 Å². The summed E-state index contributed by atoms with van der Waals surface area (Å²) in [6.07, 6.45) is 5.69. The summed E-state index contributed by atoms with van der Waals surface area (Å²) in [5, 5.41) is 0. The van der Waals surface area contributed by atoms with Gasteiger partial charge in [-0.1, -0.05) is 25.3 Å². The van der Waals surface area contributed by atoms with Crippen molar-refractivity contribution in [1.82, 2.24) is 9.80 Å². The van der Waals surface area contributed by atoms with Crippen molar-refractivity contribution in [2.45, 2.75) is 27.2 Å². The number of hydrogen-bond acceptors (Lipinski definition) is 4. The predicted molar refractivity (Wildman–Crippen MR) is 122 cm³/mol.